The fourth-order valence-corrected chi connectivity index (χ4v) is 4.63. The standard InChI is InChI=1S/C26H29N5O2/c1-17-11-20(5-7-24(17)30-10-9-27-16-30)28-26(32)23-15-33-25-8-6-21(12-22(23)25)31-13-18(2)29(4)19(3)14-31/h5-12,15-16,18-19H,13-14H2,1-4H3,(H,28,32)/t18-,19+. The van der Waals surface area contributed by atoms with Crippen LogP contribution in [0.1, 0.15) is 29.8 Å². The summed E-state index contributed by atoms with van der Waals surface area (Å²) in [5.41, 5.74) is 5.19. The molecule has 7 heteroatoms. The summed E-state index contributed by atoms with van der Waals surface area (Å²) in [4.78, 5) is 22.0. The highest BCUT2D eigenvalue weighted by molar-refractivity contribution is 6.12. The summed E-state index contributed by atoms with van der Waals surface area (Å²) in [6.07, 6.45) is 6.96. The van der Waals surface area contributed by atoms with Crippen LogP contribution in [0, 0.1) is 6.92 Å². The van der Waals surface area contributed by atoms with Crippen LogP contribution in [0.3, 0.4) is 0 Å². The predicted octanol–water partition coefficient (Wildman–Crippen LogP) is 4.71. The third-order valence-corrected chi connectivity index (χ3v) is 6.76. The number of rotatable bonds is 4. The number of hydrogen-bond acceptors (Lipinski definition) is 5. The zero-order chi connectivity index (χ0) is 23.1. The number of hydrogen-bond donors (Lipinski definition) is 1. The maximum atomic E-state index is 13.1. The highest BCUT2D eigenvalue weighted by atomic mass is 16.3. The molecule has 1 saturated heterocycles. The van der Waals surface area contributed by atoms with E-state index in [9.17, 15) is 4.79 Å². The molecule has 7 nitrogen and oxygen atoms in total. The van der Waals surface area contributed by atoms with E-state index in [2.05, 4.69) is 53.1 Å². The molecule has 0 spiro atoms. The zero-order valence-corrected chi connectivity index (χ0v) is 19.4. The van der Waals surface area contributed by atoms with Gasteiger partial charge < -0.3 is 19.2 Å². The second-order valence-corrected chi connectivity index (χ2v) is 9.02. The molecule has 1 aliphatic heterocycles. The van der Waals surface area contributed by atoms with Gasteiger partial charge in [0.15, 0.2) is 0 Å². The van der Waals surface area contributed by atoms with E-state index in [0.29, 0.717) is 23.2 Å². The van der Waals surface area contributed by atoms with Gasteiger partial charge in [-0.2, -0.15) is 0 Å². The average molecular weight is 444 g/mol. The van der Waals surface area contributed by atoms with E-state index in [0.717, 1.165) is 41.1 Å². The first-order chi connectivity index (χ1) is 15.9. The number of carbonyl (C=O) groups is 1. The molecule has 0 aliphatic carbocycles. The number of likely N-dealkylation sites (N-methyl/N-ethyl adjacent to an activating group) is 1. The Labute approximate surface area is 193 Å². The van der Waals surface area contributed by atoms with E-state index < -0.39 is 0 Å². The lowest BCUT2D eigenvalue weighted by atomic mass is 10.1. The molecule has 3 heterocycles. The third kappa shape index (κ3) is 4.00. The second kappa shape index (κ2) is 8.41. The summed E-state index contributed by atoms with van der Waals surface area (Å²) in [5.74, 6) is -0.180. The number of nitrogens with zero attached hydrogens (tertiary/aromatic N) is 4. The Morgan fingerprint density at radius 2 is 1.91 bits per heavy atom. The Bertz CT molecular complexity index is 1280. The summed E-state index contributed by atoms with van der Waals surface area (Å²) in [7, 11) is 2.18. The minimum atomic E-state index is -0.180. The van der Waals surface area contributed by atoms with Crippen LogP contribution in [0.4, 0.5) is 11.4 Å². The van der Waals surface area contributed by atoms with E-state index >= 15 is 0 Å². The van der Waals surface area contributed by atoms with Gasteiger partial charge in [0.05, 0.1) is 11.9 Å². The zero-order valence-electron chi connectivity index (χ0n) is 19.4. The quantitative estimate of drug-likeness (QED) is 0.495. The summed E-state index contributed by atoms with van der Waals surface area (Å²) >= 11 is 0. The van der Waals surface area contributed by atoms with Crippen LogP contribution in [0.2, 0.25) is 0 Å². The second-order valence-electron chi connectivity index (χ2n) is 9.02. The van der Waals surface area contributed by atoms with Gasteiger partial charge in [0.1, 0.15) is 11.8 Å². The molecule has 33 heavy (non-hydrogen) atoms. The first kappa shape index (κ1) is 21.3. The molecule has 1 amide bonds. The van der Waals surface area contributed by atoms with Crippen molar-refractivity contribution in [2.75, 3.05) is 30.4 Å². The lowest BCUT2D eigenvalue weighted by Crippen LogP contribution is -2.55. The minimum Gasteiger partial charge on any atom is -0.463 e. The fourth-order valence-electron chi connectivity index (χ4n) is 4.63. The van der Waals surface area contributed by atoms with E-state index in [-0.39, 0.29) is 5.91 Å². The van der Waals surface area contributed by atoms with Gasteiger partial charge >= 0.3 is 0 Å². The molecule has 170 valence electrons. The number of aromatic nitrogens is 2. The smallest absolute Gasteiger partial charge is 0.259 e. The number of piperazine rings is 1. The Kier molecular flexibility index (Phi) is 5.42. The van der Waals surface area contributed by atoms with E-state index in [4.69, 9.17) is 4.42 Å². The van der Waals surface area contributed by atoms with Gasteiger partial charge in [-0.1, -0.05) is 0 Å². The minimum absolute atomic E-state index is 0.180. The third-order valence-electron chi connectivity index (χ3n) is 6.76. The topological polar surface area (TPSA) is 66.5 Å². The molecule has 1 N–H and O–H groups in total. The van der Waals surface area contributed by atoms with E-state index in [1.54, 1.807) is 18.8 Å². The number of carbonyl (C=O) groups excluding carboxylic acids is 1. The van der Waals surface area contributed by atoms with Crippen LogP contribution < -0.4 is 10.2 Å². The van der Waals surface area contributed by atoms with Crippen molar-refractivity contribution >= 4 is 28.3 Å². The Morgan fingerprint density at radius 1 is 1.12 bits per heavy atom. The number of imidazole rings is 1. The number of aryl methyl sites for hydroxylation is 1. The normalized spacial score (nSPS) is 19.2. The molecule has 2 aromatic carbocycles. The molecule has 1 aliphatic rings. The van der Waals surface area contributed by atoms with Gasteiger partial charge in [0.25, 0.3) is 5.91 Å². The maximum Gasteiger partial charge on any atom is 0.259 e. The summed E-state index contributed by atoms with van der Waals surface area (Å²) in [5, 5.41) is 3.85. The molecule has 2 aromatic heterocycles. The van der Waals surface area contributed by atoms with Crippen molar-refractivity contribution in [3.05, 3.63) is 72.5 Å². The monoisotopic (exact) mass is 443 g/mol. The SMILES string of the molecule is Cc1cc(NC(=O)c2coc3ccc(N4C[C@@H](C)N(C)[C@@H](C)C4)cc23)ccc1-n1ccnc1. The van der Waals surface area contributed by atoms with Crippen molar-refractivity contribution in [1.82, 2.24) is 14.5 Å². The molecular weight excluding hydrogens is 414 g/mol. The molecule has 0 unspecified atom stereocenters. The van der Waals surface area contributed by atoms with Gasteiger partial charge in [-0.3, -0.25) is 9.69 Å². The lowest BCUT2D eigenvalue weighted by molar-refractivity contribution is 0.102. The highest BCUT2D eigenvalue weighted by Crippen LogP contribution is 2.29. The van der Waals surface area contributed by atoms with Gasteiger partial charge in [0, 0.05) is 60.0 Å². The Balaban J connectivity index is 1.39. The van der Waals surface area contributed by atoms with Crippen LogP contribution in [0.25, 0.3) is 16.7 Å². The Hall–Kier alpha value is -3.58. The van der Waals surface area contributed by atoms with Crippen LogP contribution in [0.15, 0.2) is 65.8 Å². The first-order valence-electron chi connectivity index (χ1n) is 11.3. The van der Waals surface area contributed by atoms with E-state index in [1.807, 2.05) is 42.0 Å². The largest absolute Gasteiger partial charge is 0.463 e. The van der Waals surface area contributed by atoms with Gasteiger partial charge in [0.2, 0.25) is 0 Å². The van der Waals surface area contributed by atoms with Gasteiger partial charge in [-0.05, 0) is 69.8 Å². The van der Waals surface area contributed by atoms with Gasteiger partial charge in [-0.25, -0.2) is 4.98 Å². The summed E-state index contributed by atoms with van der Waals surface area (Å²) in [6, 6.07) is 12.9. The first-order valence-corrected chi connectivity index (χ1v) is 11.3. The van der Waals surface area contributed by atoms with Crippen molar-refractivity contribution in [2.45, 2.75) is 32.9 Å². The van der Waals surface area contributed by atoms with Crippen LogP contribution in [0.5, 0.6) is 0 Å². The summed E-state index contributed by atoms with van der Waals surface area (Å²) < 4.78 is 7.65. The predicted molar refractivity (Wildman–Crippen MR) is 131 cm³/mol. The number of anilines is 2. The highest BCUT2D eigenvalue weighted by Gasteiger charge is 2.27. The molecule has 2 atom stereocenters. The molecule has 0 saturated carbocycles. The van der Waals surface area contributed by atoms with Crippen LogP contribution in [-0.2, 0) is 0 Å². The number of nitrogens with one attached hydrogen (secondary N) is 1. The van der Waals surface area contributed by atoms with Crippen molar-refractivity contribution < 1.29 is 9.21 Å². The number of amides is 1. The van der Waals surface area contributed by atoms with Crippen molar-refractivity contribution in [3.63, 3.8) is 0 Å². The van der Waals surface area contributed by atoms with Crippen LogP contribution >= 0.6 is 0 Å². The lowest BCUT2D eigenvalue weighted by Gasteiger charge is -2.43. The fraction of sp³-hybridized carbons (Fsp3) is 0.308. The number of fused-ring (bicyclic) bond motifs is 1. The Morgan fingerprint density at radius 3 is 2.61 bits per heavy atom. The molecule has 0 radical (unpaired) electrons. The molecule has 1 fully saturated rings. The maximum absolute atomic E-state index is 13.1. The number of furan rings is 1. The number of benzene rings is 2. The summed E-state index contributed by atoms with van der Waals surface area (Å²) in [6.45, 7) is 8.42. The molecule has 0 bridgehead atoms. The van der Waals surface area contributed by atoms with Crippen LogP contribution in [-0.4, -0.2) is 52.6 Å². The van der Waals surface area contributed by atoms with Gasteiger partial charge in [-0.15, -0.1) is 0 Å². The van der Waals surface area contributed by atoms with Crippen molar-refractivity contribution in [3.8, 4) is 5.69 Å². The molecular formula is C26H29N5O2. The molecule has 4 aromatic rings. The van der Waals surface area contributed by atoms with E-state index in [1.165, 1.54) is 0 Å². The molecule has 5 rings (SSSR count). The van der Waals surface area contributed by atoms with Crippen molar-refractivity contribution in [2.24, 2.45) is 0 Å². The van der Waals surface area contributed by atoms with Crippen molar-refractivity contribution in [1.29, 1.82) is 0 Å². The average Bonchev–Trinajstić information content (AvgIpc) is 3.47.